The van der Waals surface area contributed by atoms with Gasteiger partial charge in [-0.25, -0.2) is 0 Å². The quantitative estimate of drug-likeness (QED) is 0.531. The number of aromatic nitrogens is 1. The standard InChI is InChI=1S/C4H6N2OS/c1-2-3(5)6-4(7)8-2/h5H2,1H3,(H,6,7). The number of anilines is 1. The normalized spacial score (nSPS) is 9.62. The fourth-order valence-corrected chi connectivity index (χ4v) is 1.02. The van der Waals surface area contributed by atoms with Crippen molar-refractivity contribution in [1.29, 1.82) is 0 Å². The molecule has 0 radical (unpaired) electrons. The van der Waals surface area contributed by atoms with Crippen LogP contribution in [-0.4, -0.2) is 4.98 Å². The number of aryl methyl sites for hydroxylation is 1. The van der Waals surface area contributed by atoms with Crippen LogP contribution in [0.3, 0.4) is 0 Å². The van der Waals surface area contributed by atoms with E-state index < -0.39 is 0 Å². The molecule has 1 aromatic rings. The highest BCUT2D eigenvalue weighted by atomic mass is 32.1. The molecule has 0 saturated heterocycles. The Kier molecular flexibility index (Phi) is 1.09. The Balaban J connectivity index is 3.35. The lowest BCUT2D eigenvalue weighted by Crippen LogP contribution is -1.94. The van der Waals surface area contributed by atoms with Crippen LogP contribution in [0.4, 0.5) is 5.82 Å². The molecule has 0 amide bonds. The first-order chi connectivity index (χ1) is 3.70. The zero-order valence-electron chi connectivity index (χ0n) is 4.39. The van der Waals surface area contributed by atoms with E-state index in [2.05, 4.69) is 4.98 Å². The summed E-state index contributed by atoms with van der Waals surface area (Å²) in [7, 11) is 0. The molecular weight excluding hydrogens is 124 g/mol. The molecule has 0 saturated carbocycles. The van der Waals surface area contributed by atoms with Gasteiger partial charge in [-0.05, 0) is 6.92 Å². The van der Waals surface area contributed by atoms with Gasteiger partial charge < -0.3 is 5.73 Å². The van der Waals surface area contributed by atoms with Crippen LogP contribution in [0.5, 0.6) is 0 Å². The Hall–Kier alpha value is -0.770. The first-order valence-electron chi connectivity index (χ1n) is 2.15. The number of rotatable bonds is 0. The molecule has 0 aliphatic heterocycles. The maximum absolute atomic E-state index is 10.4. The van der Waals surface area contributed by atoms with Gasteiger partial charge in [0.25, 0.3) is 0 Å². The molecule has 0 aliphatic carbocycles. The third kappa shape index (κ3) is 0.742. The van der Waals surface area contributed by atoms with Gasteiger partial charge in [0.15, 0.2) is 0 Å². The minimum atomic E-state index is -0.0833. The van der Waals surface area contributed by atoms with E-state index in [0.717, 1.165) is 16.2 Å². The molecule has 3 nitrogen and oxygen atoms in total. The third-order valence-corrected chi connectivity index (χ3v) is 1.68. The van der Waals surface area contributed by atoms with Gasteiger partial charge in [0.1, 0.15) is 5.82 Å². The van der Waals surface area contributed by atoms with Gasteiger partial charge in [0.05, 0.1) is 0 Å². The van der Waals surface area contributed by atoms with Crippen LogP contribution in [0, 0.1) is 6.92 Å². The molecular formula is C4H6N2OS. The van der Waals surface area contributed by atoms with Crippen LogP contribution in [0.25, 0.3) is 0 Å². The molecule has 4 heteroatoms. The maximum atomic E-state index is 10.4. The zero-order chi connectivity index (χ0) is 6.15. The molecule has 0 spiro atoms. The van der Waals surface area contributed by atoms with Gasteiger partial charge in [0.2, 0.25) is 0 Å². The van der Waals surface area contributed by atoms with Crippen molar-refractivity contribution in [3.05, 3.63) is 14.5 Å². The van der Waals surface area contributed by atoms with Crippen LogP contribution >= 0.6 is 11.3 Å². The lowest BCUT2D eigenvalue weighted by Gasteiger charge is -1.80. The summed E-state index contributed by atoms with van der Waals surface area (Å²) in [5.41, 5.74) is 5.30. The lowest BCUT2D eigenvalue weighted by molar-refractivity contribution is 1.33. The molecule has 0 fully saturated rings. The number of H-pyrrole nitrogens is 1. The Morgan fingerprint density at radius 1 is 1.75 bits per heavy atom. The second-order valence-corrected chi connectivity index (χ2v) is 2.67. The molecule has 0 unspecified atom stereocenters. The second kappa shape index (κ2) is 1.63. The highest BCUT2D eigenvalue weighted by molar-refractivity contribution is 7.09. The number of nitrogens with two attached hydrogens (primary N) is 1. The van der Waals surface area contributed by atoms with Crippen molar-refractivity contribution in [1.82, 2.24) is 4.98 Å². The number of nitrogens with one attached hydrogen (secondary N) is 1. The van der Waals surface area contributed by atoms with Crippen molar-refractivity contribution in [3.8, 4) is 0 Å². The van der Waals surface area contributed by atoms with Crippen LogP contribution < -0.4 is 10.6 Å². The maximum Gasteiger partial charge on any atom is 0.306 e. The van der Waals surface area contributed by atoms with Crippen molar-refractivity contribution in [2.24, 2.45) is 0 Å². The zero-order valence-corrected chi connectivity index (χ0v) is 5.21. The highest BCUT2D eigenvalue weighted by Gasteiger charge is 1.94. The Morgan fingerprint density at radius 2 is 2.38 bits per heavy atom. The number of thiazole rings is 1. The summed E-state index contributed by atoms with van der Waals surface area (Å²) in [6, 6.07) is 0. The summed E-state index contributed by atoms with van der Waals surface area (Å²) < 4.78 is 0. The summed E-state index contributed by atoms with van der Waals surface area (Å²) in [6.07, 6.45) is 0. The minimum absolute atomic E-state index is 0.0833. The van der Waals surface area contributed by atoms with Crippen LogP contribution in [0.1, 0.15) is 4.88 Å². The lowest BCUT2D eigenvalue weighted by atomic mass is 10.6. The van der Waals surface area contributed by atoms with Gasteiger partial charge in [-0.15, -0.1) is 0 Å². The van der Waals surface area contributed by atoms with Crippen molar-refractivity contribution < 1.29 is 0 Å². The molecule has 0 atom stereocenters. The average molecular weight is 130 g/mol. The molecule has 1 rings (SSSR count). The van der Waals surface area contributed by atoms with Crippen molar-refractivity contribution in [2.75, 3.05) is 5.73 Å². The largest absolute Gasteiger partial charge is 0.384 e. The topological polar surface area (TPSA) is 58.9 Å². The monoisotopic (exact) mass is 130 g/mol. The molecule has 1 aromatic heterocycles. The smallest absolute Gasteiger partial charge is 0.306 e. The number of hydrogen-bond acceptors (Lipinski definition) is 3. The van der Waals surface area contributed by atoms with Gasteiger partial charge in [0, 0.05) is 4.88 Å². The van der Waals surface area contributed by atoms with Gasteiger partial charge >= 0.3 is 4.87 Å². The molecule has 0 aromatic carbocycles. The van der Waals surface area contributed by atoms with E-state index in [1.54, 1.807) is 6.92 Å². The summed E-state index contributed by atoms with van der Waals surface area (Å²) in [5.74, 6) is 0.486. The van der Waals surface area contributed by atoms with Gasteiger partial charge in [-0.2, -0.15) is 0 Å². The van der Waals surface area contributed by atoms with Gasteiger partial charge in [-0.1, -0.05) is 11.3 Å². The Morgan fingerprint density at radius 3 is 2.50 bits per heavy atom. The molecule has 3 N–H and O–H groups in total. The predicted molar refractivity (Wildman–Crippen MR) is 34.1 cm³/mol. The summed E-state index contributed by atoms with van der Waals surface area (Å²) in [6.45, 7) is 1.80. The van der Waals surface area contributed by atoms with E-state index in [-0.39, 0.29) is 4.87 Å². The van der Waals surface area contributed by atoms with E-state index in [1.165, 1.54) is 0 Å². The van der Waals surface area contributed by atoms with E-state index in [9.17, 15) is 4.79 Å². The SMILES string of the molecule is Cc1sc(=O)[nH]c1N. The number of hydrogen-bond donors (Lipinski definition) is 2. The van der Waals surface area contributed by atoms with E-state index in [4.69, 9.17) is 5.73 Å². The van der Waals surface area contributed by atoms with Crippen LogP contribution in [0.2, 0.25) is 0 Å². The minimum Gasteiger partial charge on any atom is -0.384 e. The van der Waals surface area contributed by atoms with E-state index >= 15 is 0 Å². The van der Waals surface area contributed by atoms with Crippen LogP contribution in [-0.2, 0) is 0 Å². The van der Waals surface area contributed by atoms with Crippen LogP contribution in [0.15, 0.2) is 4.79 Å². The Labute approximate surface area is 50.2 Å². The molecule has 0 aliphatic rings. The number of aromatic amines is 1. The average Bonchev–Trinajstić information content (AvgIpc) is 1.85. The molecule has 0 bridgehead atoms. The summed E-state index contributed by atoms with van der Waals surface area (Å²) in [4.78, 5) is 13.6. The fraction of sp³-hybridized carbons (Fsp3) is 0.250. The molecule has 44 valence electrons. The Bertz CT molecular complexity index is 214. The summed E-state index contributed by atoms with van der Waals surface area (Å²) >= 11 is 1.13. The fourth-order valence-electron chi connectivity index (χ4n) is 0.418. The second-order valence-electron chi connectivity index (χ2n) is 1.48. The van der Waals surface area contributed by atoms with E-state index in [1.807, 2.05) is 0 Å². The van der Waals surface area contributed by atoms with Crippen molar-refractivity contribution in [2.45, 2.75) is 6.92 Å². The van der Waals surface area contributed by atoms with Gasteiger partial charge in [-0.3, -0.25) is 9.78 Å². The third-order valence-electron chi connectivity index (χ3n) is 0.862. The molecule has 1 heterocycles. The molecule has 8 heavy (non-hydrogen) atoms. The summed E-state index contributed by atoms with van der Waals surface area (Å²) in [5, 5.41) is 0. The first kappa shape index (κ1) is 5.37. The highest BCUT2D eigenvalue weighted by Crippen LogP contribution is 2.06. The van der Waals surface area contributed by atoms with Crippen molar-refractivity contribution >= 4 is 17.2 Å². The predicted octanol–water partition coefficient (Wildman–Crippen LogP) is 0.327. The van der Waals surface area contributed by atoms with E-state index in [0.29, 0.717) is 5.82 Å². The first-order valence-corrected chi connectivity index (χ1v) is 2.97. The van der Waals surface area contributed by atoms with Crippen molar-refractivity contribution in [3.63, 3.8) is 0 Å². The number of nitrogen functional groups attached to an aromatic ring is 1.